The fourth-order valence-electron chi connectivity index (χ4n) is 1.16. The van der Waals surface area contributed by atoms with Crippen LogP contribution in [-0.4, -0.2) is 22.2 Å². The molecule has 2 heterocycles. The quantitative estimate of drug-likeness (QED) is 0.746. The van der Waals surface area contributed by atoms with Crippen LogP contribution in [0.3, 0.4) is 0 Å². The molecule has 0 saturated heterocycles. The van der Waals surface area contributed by atoms with Gasteiger partial charge in [-0.05, 0) is 13.1 Å². The Labute approximate surface area is 85.4 Å². The number of rotatable bonds is 3. The molecular formula is C9H10N4O2. The lowest BCUT2D eigenvalue weighted by Crippen LogP contribution is -2.04. The van der Waals surface area contributed by atoms with E-state index in [1.165, 1.54) is 6.07 Å². The molecule has 2 rings (SSSR count). The van der Waals surface area contributed by atoms with Crippen molar-refractivity contribution in [1.29, 1.82) is 0 Å². The van der Waals surface area contributed by atoms with Crippen LogP contribution in [0.1, 0.15) is 5.89 Å². The predicted octanol–water partition coefficient (Wildman–Crippen LogP) is 0.144. The summed E-state index contributed by atoms with van der Waals surface area (Å²) in [7, 11) is 1.79. The summed E-state index contributed by atoms with van der Waals surface area (Å²) >= 11 is 0. The highest BCUT2D eigenvalue weighted by atomic mass is 16.4. The van der Waals surface area contributed by atoms with Crippen molar-refractivity contribution >= 4 is 0 Å². The number of aromatic nitrogens is 3. The van der Waals surface area contributed by atoms with Crippen LogP contribution in [0.2, 0.25) is 0 Å². The van der Waals surface area contributed by atoms with E-state index < -0.39 is 0 Å². The molecular weight excluding hydrogens is 196 g/mol. The molecule has 0 aliphatic heterocycles. The van der Waals surface area contributed by atoms with Crippen molar-refractivity contribution < 1.29 is 4.42 Å². The number of hydrogen-bond donors (Lipinski definition) is 2. The fraction of sp³-hybridized carbons (Fsp3) is 0.222. The lowest BCUT2D eigenvalue weighted by Gasteiger charge is -1.92. The Morgan fingerprint density at radius 1 is 1.47 bits per heavy atom. The topological polar surface area (TPSA) is 83.8 Å². The van der Waals surface area contributed by atoms with E-state index in [1.54, 1.807) is 19.2 Å². The van der Waals surface area contributed by atoms with E-state index >= 15 is 0 Å². The number of H-pyrrole nitrogens is 1. The van der Waals surface area contributed by atoms with Crippen LogP contribution in [0.5, 0.6) is 0 Å². The van der Waals surface area contributed by atoms with Crippen LogP contribution < -0.4 is 10.9 Å². The van der Waals surface area contributed by atoms with E-state index in [9.17, 15) is 4.79 Å². The third-order valence-electron chi connectivity index (χ3n) is 1.79. The molecule has 0 aromatic carbocycles. The molecule has 0 spiro atoms. The van der Waals surface area contributed by atoms with Gasteiger partial charge in [0.25, 0.3) is 5.89 Å². The first-order valence-corrected chi connectivity index (χ1v) is 4.46. The SMILES string of the molecule is CNCc1nnc(-c2cccc(=O)[nH]2)o1. The summed E-state index contributed by atoms with van der Waals surface area (Å²) in [5.41, 5.74) is 0.332. The Balaban J connectivity index is 2.33. The molecule has 0 unspecified atom stereocenters. The smallest absolute Gasteiger partial charge is 0.264 e. The first-order chi connectivity index (χ1) is 7.29. The molecule has 2 N–H and O–H groups in total. The molecule has 6 heteroatoms. The Morgan fingerprint density at radius 2 is 2.33 bits per heavy atom. The summed E-state index contributed by atoms with van der Waals surface area (Å²) in [4.78, 5) is 13.6. The number of hydrogen-bond acceptors (Lipinski definition) is 5. The number of pyridine rings is 1. The molecule has 6 nitrogen and oxygen atoms in total. The third kappa shape index (κ3) is 2.10. The molecule has 78 valence electrons. The van der Waals surface area contributed by atoms with Gasteiger partial charge in [-0.3, -0.25) is 4.79 Å². The Hall–Kier alpha value is -1.95. The first kappa shape index (κ1) is 9.60. The molecule has 0 bridgehead atoms. The lowest BCUT2D eigenvalue weighted by atomic mass is 10.3. The monoisotopic (exact) mass is 206 g/mol. The largest absolute Gasteiger partial charge is 0.418 e. The maximum Gasteiger partial charge on any atom is 0.264 e. The van der Waals surface area contributed by atoms with Gasteiger partial charge in [-0.1, -0.05) is 6.07 Å². The summed E-state index contributed by atoms with van der Waals surface area (Å²) in [6.07, 6.45) is 0. The predicted molar refractivity (Wildman–Crippen MR) is 53.1 cm³/mol. The average Bonchev–Trinajstić information content (AvgIpc) is 2.67. The number of nitrogens with zero attached hydrogens (tertiary/aromatic N) is 2. The zero-order valence-electron chi connectivity index (χ0n) is 8.15. The van der Waals surface area contributed by atoms with Gasteiger partial charge in [-0.15, -0.1) is 10.2 Å². The summed E-state index contributed by atoms with van der Waals surface area (Å²) in [5, 5.41) is 10.5. The normalized spacial score (nSPS) is 10.5. The summed E-state index contributed by atoms with van der Waals surface area (Å²) in [5.74, 6) is 0.801. The van der Waals surface area contributed by atoms with Crippen molar-refractivity contribution in [2.45, 2.75) is 6.54 Å². The zero-order chi connectivity index (χ0) is 10.7. The Bertz CT molecular complexity index is 503. The Kier molecular flexibility index (Phi) is 2.59. The molecule has 15 heavy (non-hydrogen) atoms. The minimum absolute atomic E-state index is 0.194. The van der Waals surface area contributed by atoms with Gasteiger partial charge in [0.1, 0.15) is 5.69 Å². The van der Waals surface area contributed by atoms with Crippen molar-refractivity contribution in [2.75, 3.05) is 7.05 Å². The van der Waals surface area contributed by atoms with Crippen LogP contribution in [-0.2, 0) is 6.54 Å². The second-order valence-corrected chi connectivity index (χ2v) is 2.96. The van der Waals surface area contributed by atoms with Gasteiger partial charge in [0.15, 0.2) is 0 Å². The van der Waals surface area contributed by atoms with Crippen molar-refractivity contribution in [3.63, 3.8) is 0 Å². The standard InChI is InChI=1S/C9H10N4O2/c1-10-5-8-12-13-9(15-8)6-3-2-4-7(14)11-6/h2-4,10H,5H2,1H3,(H,11,14). The van der Waals surface area contributed by atoms with Gasteiger partial charge < -0.3 is 14.7 Å². The number of aromatic amines is 1. The summed E-state index contributed by atoms with van der Waals surface area (Å²) in [6, 6.07) is 4.77. The highest BCUT2D eigenvalue weighted by molar-refractivity contribution is 5.44. The van der Waals surface area contributed by atoms with E-state index in [0.29, 0.717) is 24.0 Å². The van der Waals surface area contributed by atoms with Crippen LogP contribution in [0, 0.1) is 0 Å². The van der Waals surface area contributed by atoms with Crippen LogP contribution in [0.4, 0.5) is 0 Å². The zero-order valence-corrected chi connectivity index (χ0v) is 8.15. The van der Waals surface area contributed by atoms with E-state index in [0.717, 1.165) is 0 Å². The maximum atomic E-state index is 11.0. The van der Waals surface area contributed by atoms with E-state index in [1.807, 2.05) is 0 Å². The highest BCUT2D eigenvalue weighted by Crippen LogP contribution is 2.12. The van der Waals surface area contributed by atoms with Crippen molar-refractivity contribution in [3.05, 3.63) is 34.4 Å². The van der Waals surface area contributed by atoms with E-state index in [2.05, 4.69) is 20.5 Å². The van der Waals surface area contributed by atoms with Gasteiger partial charge in [-0.2, -0.15) is 0 Å². The maximum absolute atomic E-state index is 11.0. The third-order valence-corrected chi connectivity index (χ3v) is 1.79. The molecule has 0 radical (unpaired) electrons. The summed E-state index contributed by atoms with van der Waals surface area (Å²) in [6.45, 7) is 0.504. The fourth-order valence-corrected chi connectivity index (χ4v) is 1.16. The molecule has 0 amide bonds. The van der Waals surface area contributed by atoms with Gasteiger partial charge in [0.05, 0.1) is 6.54 Å². The molecule has 2 aromatic heterocycles. The van der Waals surface area contributed by atoms with Crippen molar-refractivity contribution in [2.24, 2.45) is 0 Å². The van der Waals surface area contributed by atoms with Gasteiger partial charge in [-0.25, -0.2) is 0 Å². The minimum Gasteiger partial charge on any atom is -0.418 e. The van der Waals surface area contributed by atoms with Gasteiger partial charge >= 0.3 is 0 Å². The van der Waals surface area contributed by atoms with Gasteiger partial charge in [0, 0.05) is 6.07 Å². The molecule has 0 aliphatic rings. The lowest BCUT2D eigenvalue weighted by molar-refractivity contribution is 0.489. The van der Waals surface area contributed by atoms with E-state index in [4.69, 9.17) is 4.42 Å². The van der Waals surface area contributed by atoms with Crippen LogP contribution in [0.15, 0.2) is 27.4 Å². The van der Waals surface area contributed by atoms with Crippen LogP contribution in [0.25, 0.3) is 11.6 Å². The molecule has 0 fully saturated rings. The average molecular weight is 206 g/mol. The summed E-state index contributed by atoms with van der Waals surface area (Å²) < 4.78 is 5.31. The molecule has 0 atom stereocenters. The van der Waals surface area contributed by atoms with Crippen molar-refractivity contribution in [1.82, 2.24) is 20.5 Å². The van der Waals surface area contributed by atoms with Crippen LogP contribution >= 0.6 is 0 Å². The molecule has 2 aromatic rings. The second-order valence-electron chi connectivity index (χ2n) is 2.96. The molecule has 0 saturated carbocycles. The highest BCUT2D eigenvalue weighted by Gasteiger charge is 2.07. The first-order valence-electron chi connectivity index (χ1n) is 4.46. The van der Waals surface area contributed by atoms with Crippen molar-refractivity contribution in [3.8, 4) is 11.6 Å². The Morgan fingerprint density at radius 3 is 3.07 bits per heavy atom. The van der Waals surface area contributed by atoms with Gasteiger partial charge in [0.2, 0.25) is 11.4 Å². The van der Waals surface area contributed by atoms with E-state index in [-0.39, 0.29) is 5.56 Å². The number of nitrogens with one attached hydrogen (secondary N) is 2. The second kappa shape index (κ2) is 4.05. The minimum atomic E-state index is -0.194. The molecule has 0 aliphatic carbocycles.